The largest absolute Gasteiger partial charge is 0.396 e. The van der Waals surface area contributed by atoms with Gasteiger partial charge in [-0.3, -0.25) is 0 Å². The Bertz CT molecular complexity index is 774. The Labute approximate surface area is 122 Å². The van der Waals surface area contributed by atoms with Crippen LogP contribution < -0.4 is 4.90 Å². The summed E-state index contributed by atoms with van der Waals surface area (Å²) in [6, 6.07) is 4.16. The Hall–Kier alpha value is -2.14. The second-order valence-corrected chi connectivity index (χ2v) is 5.70. The van der Waals surface area contributed by atoms with Gasteiger partial charge in [-0.1, -0.05) is 0 Å². The van der Waals surface area contributed by atoms with Crippen LogP contribution in [0.5, 0.6) is 0 Å². The van der Waals surface area contributed by atoms with E-state index in [2.05, 4.69) is 25.9 Å². The second kappa shape index (κ2) is 5.00. The van der Waals surface area contributed by atoms with Gasteiger partial charge in [-0.15, -0.1) is 0 Å². The van der Waals surface area contributed by atoms with Gasteiger partial charge in [0, 0.05) is 48.5 Å². The number of aromatic amines is 1. The van der Waals surface area contributed by atoms with E-state index in [9.17, 15) is 5.11 Å². The van der Waals surface area contributed by atoms with E-state index in [4.69, 9.17) is 0 Å². The molecule has 3 aromatic heterocycles. The predicted octanol–water partition coefficient (Wildman–Crippen LogP) is 2.32. The standard InChI is InChI=1S/C16H18N4O/c21-10-11-3-7-20(8-4-11)14-2-6-17-13-9-19-16-12(15(13)14)1-5-18-16/h1-2,5-6,9,11,17,21H,3-4,7-8,10H2. The molecule has 0 amide bonds. The zero-order chi connectivity index (χ0) is 14.2. The zero-order valence-corrected chi connectivity index (χ0v) is 11.8. The third kappa shape index (κ3) is 2.05. The van der Waals surface area contributed by atoms with Gasteiger partial charge in [-0.25, -0.2) is 9.97 Å². The summed E-state index contributed by atoms with van der Waals surface area (Å²) in [5.41, 5.74) is 3.08. The minimum Gasteiger partial charge on any atom is -0.396 e. The highest BCUT2D eigenvalue weighted by Crippen LogP contribution is 2.33. The summed E-state index contributed by atoms with van der Waals surface area (Å²) in [7, 11) is 0. The van der Waals surface area contributed by atoms with Crippen LogP contribution >= 0.6 is 0 Å². The number of hydrogen-bond donors (Lipinski definition) is 2. The normalized spacial score (nSPS) is 16.9. The van der Waals surface area contributed by atoms with Gasteiger partial charge in [0.25, 0.3) is 0 Å². The van der Waals surface area contributed by atoms with Crippen LogP contribution in [0.3, 0.4) is 0 Å². The Morgan fingerprint density at radius 3 is 2.90 bits per heavy atom. The monoisotopic (exact) mass is 282 g/mol. The van der Waals surface area contributed by atoms with Crippen molar-refractivity contribution in [2.75, 3.05) is 24.6 Å². The molecule has 21 heavy (non-hydrogen) atoms. The first kappa shape index (κ1) is 12.6. The van der Waals surface area contributed by atoms with Gasteiger partial charge in [0.05, 0.1) is 11.7 Å². The summed E-state index contributed by atoms with van der Waals surface area (Å²) in [4.78, 5) is 14.4. The van der Waals surface area contributed by atoms with E-state index in [1.165, 1.54) is 11.1 Å². The summed E-state index contributed by atoms with van der Waals surface area (Å²) < 4.78 is 0. The highest BCUT2D eigenvalue weighted by molar-refractivity contribution is 6.09. The lowest BCUT2D eigenvalue weighted by Crippen LogP contribution is -2.34. The molecule has 1 saturated heterocycles. The number of nitrogens with zero attached hydrogens (tertiary/aromatic N) is 3. The molecule has 4 heterocycles. The predicted molar refractivity (Wildman–Crippen MR) is 83.4 cm³/mol. The van der Waals surface area contributed by atoms with E-state index in [-0.39, 0.29) is 0 Å². The molecule has 0 saturated carbocycles. The first-order valence-electron chi connectivity index (χ1n) is 7.43. The molecule has 0 radical (unpaired) electrons. The van der Waals surface area contributed by atoms with Gasteiger partial charge in [-0.2, -0.15) is 0 Å². The summed E-state index contributed by atoms with van der Waals surface area (Å²) >= 11 is 0. The van der Waals surface area contributed by atoms with Crippen LogP contribution in [0.2, 0.25) is 0 Å². The molecule has 5 nitrogen and oxygen atoms in total. The summed E-state index contributed by atoms with van der Waals surface area (Å²) in [5, 5.41) is 11.6. The van der Waals surface area contributed by atoms with Crippen molar-refractivity contribution in [1.29, 1.82) is 0 Å². The number of fused-ring (bicyclic) bond motifs is 3. The van der Waals surface area contributed by atoms with Crippen molar-refractivity contribution in [2.45, 2.75) is 12.8 Å². The summed E-state index contributed by atoms with van der Waals surface area (Å²) in [6.07, 6.45) is 7.73. The average molecular weight is 282 g/mol. The molecule has 0 aliphatic carbocycles. The lowest BCUT2D eigenvalue weighted by atomic mass is 9.97. The van der Waals surface area contributed by atoms with E-state index in [0.717, 1.165) is 42.5 Å². The van der Waals surface area contributed by atoms with E-state index < -0.39 is 0 Å². The van der Waals surface area contributed by atoms with Gasteiger partial charge in [0.2, 0.25) is 0 Å². The maximum absolute atomic E-state index is 9.29. The van der Waals surface area contributed by atoms with Crippen LogP contribution in [0.25, 0.3) is 21.9 Å². The van der Waals surface area contributed by atoms with Crippen molar-refractivity contribution < 1.29 is 5.11 Å². The number of aromatic nitrogens is 3. The highest BCUT2D eigenvalue weighted by atomic mass is 16.3. The maximum atomic E-state index is 9.29. The molecular weight excluding hydrogens is 264 g/mol. The Morgan fingerprint density at radius 1 is 1.24 bits per heavy atom. The fraction of sp³-hybridized carbons (Fsp3) is 0.375. The van der Waals surface area contributed by atoms with Crippen molar-refractivity contribution in [2.24, 2.45) is 5.92 Å². The quantitative estimate of drug-likeness (QED) is 0.757. The van der Waals surface area contributed by atoms with Crippen LogP contribution in [0, 0.1) is 5.92 Å². The van der Waals surface area contributed by atoms with Crippen LogP contribution in [0.1, 0.15) is 12.8 Å². The number of pyridine rings is 2. The van der Waals surface area contributed by atoms with E-state index >= 15 is 0 Å². The van der Waals surface area contributed by atoms with Crippen molar-refractivity contribution in [3.8, 4) is 0 Å². The van der Waals surface area contributed by atoms with Gasteiger partial charge in [0.15, 0.2) is 5.65 Å². The van der Waals surface area contributed by atoms with Gasteiger partial charge in [0.1, 0.15) is 0 Å². The molecule has 0 bridgehead atoms. The lowest BCUT2D eigenvalue weighted by Gasteiger charge is -2.33. The Kier molecular flexibility index (Phi) is 3.00. The van der Waals surface area contributed by atoms with Crippen LogP contribution in [0.4, 0.5) is 5.69 Å². The third-order valence-corrected chi connectivity index (χ3v) is 4.48. The number of piperidine rings is 1. The molecule has 1 aliphatic rings. The number of aliphatic hydroxyl groups excluding tert-OH is 1. The van der Waals surface area contributed by atoms with Gasteiger partial charge < -0.3 is 15.0 Å². The fourth-order valence-electron chi connectivity index (χ4n) is 3.26. The minimum atomic E-state index is 0.304. The summed E-state index contributed by atoms with van der Waals surface area (Å²) in [6.45, 7) is 2.28. The molecule has 5 heteroatoms. The van der Waals surface area contributed by atoms with Crippen molar-refractivity contribution in [3.05, 3.63) is 30.7 Å². The molecule has 1 fully saturated rings. The summed E-state index contributed by atoms with van der Waals surface area (Å²) in [5.74, 6) is 0.449. The van der Waals surface area contributed by atoms with Gasteiger partial charge in [-0.05, 0) is 30.9 Å². The molecule has 3 aromatic rings. The van der Waals surface area contributed by atoms with E-state index in [1.807, 2.05) is 24.7 Å². The van der Waals surface area contributed by atoms with Crippen LogP contribution in [-0.4, -0.2) is 39.8 Å². The molecule has 0 spiro atoms. The zero-order valence-electron chi connectivity index (χ0n) is 11.8. The Balaban J connectivity index is 1.83. The van der Waals surface area contributed by atoms with Crippen molar-refractivity contribution in [3.63, 3.8) is 0 Å². The molecule has 4 rings (SSSR count). The minimum absolute atomic E-state index is 0.304. The number of rotatable bonds is 2. The van der Waals surface area contributed by atoms with Gasteiger partial charge >= 0.3 is 0 Å². The maximum Gasteiger partial charge on any atom is 0.159 e. The number of hydrogen-bond acceptors (Lipinski definition) is 4. The van der Waals surface area contributed by atoms with Crippen molar-refractivity contribution >= 4 is 27.6 Å². The number of nitrogens with one attached hydrogen (secondary N) is 1. The number of H-pyrrole nitrogens is 1. The fourth-order valence-corrected chi connectivity index (χ4v) is 3.26. The van der Waals surface area contributed by atoms with Crippen molar-refractivity contribution in [1.82, 2.24) is 15.0 Å². The topological polar surface area (TPSA) is 65.0 Å². The third-order valence-electron chi connectivity index (χ3n) is 4.48. The Morgan fingerprint density at radius 2 is 2.10 bits per heavy atom. The van der Waals surface area contributed by atoms with Crippen LogP contribution in [0.15, 0.2) is 30.7 Å². The molecular formula is C16H18N4O. The lowest BCUT2D eigenvalue weighted by molar-refractivity contribution is 0.203. The van der Waals surface area contributed by atoms with Crippen LogP contribution in [-0.2, 0) is 0 Å². The molecule has 2 N–H and O–H groups in total. The van der Waals surface area contributed by atoms with E-state index in [1.54, 1.807) is 0 Å². The second-order valence-electron chi connectivity index (χ2n) is 5.70. The number of aliphatic hydroxyl groups is 1. The first-order valence-corrected chi connectivity index (χ1v) is 7.43. The molecule has 0 aromatic carbocycles. The molecule has 1 aliphatic heterocycles. The average Bonchev–Trinajstić information content (AvgIpc) is 3.03. The number of anilines is 1. The highest BCUT2D eigenvalue weighted by Gasteiger charge is 2.21. The molecule has 0 unspecified atom stereocenters. The molecule has 108 valence electrons. The van der Waals surface area contributed by atoms with E-state index in [0.29, 0.717) is 12.5 Å². The first-order chi connectivity index (χ1) is 10.4. The molecule has 0 atom stereocenters. The smallest absolute Gasteiger partial charge is 0.159 e. The SMILES string of the molecule is OCC1CCN(c2cc[nH]c3cnc4nccc4c23)CC1.